The number of rotatable bonds is 6. The number of nitrogens with one attached hydrogen (secondary N) is 2. The molecule has 1 unspecified atom stereocenters. The van der Waals surface area contributed by atoms with Crippen molar-refractivity contribution in [3.63, 3.8) is 0 Å². The van der Waals surface area contributed by atoms with Crippen molar-refractivity contribution in [2.75, 3.05) is 19.6 Å². The maximum Gasteiger partial charge on any atom is 0.339 e. The molecule has 0 aromatic heterocycles. The molecule has 0 aliphatic carbocycles. The summed E-state index contributed by atoms with van der Waals surface area (Å²) in [5, 5.41) is 2.49. The fourth-order valence-electron chi connectivity index (χ4n) is 2.44. The molecule has 1 aliphatic rings. The van der Waals surface area contributed by atoms with Crippen molar-refractivity contribution < 1.29 is 27.5 Å². The molecule has 1 saturated heterocycles. The van der Waals surface area contributed by atoms with Crippen molar-refractivity contribution in [1.29, 1.82) is 0 Å². The summed E-state index contributed by atoms with van der Waals surface area (Å²) in [5.41, 5.74) is 0.540. The summed E-state index contributed by atoms with van der Waals surface area (Å²) in [4.78, 5) is 37.0. The van der Waals surface area contributed by atoms with Crippen molar-refractivity contribution in [1.82, 2.24) is 14.9 Å². The molecule has 0 saturated carbocycles. The lowest BCUT2D eigenvalue weighted by molar-refractivity contribution is -0.136. The highest BCUT2D eigenvalue weighted by Crippen LogP contribution is 2.18. The third-order valence-corrected chi connectivity index (χ3v) is 5.37. The maximum atomic E-state index is 12.4. The predicted molar refractivity (Wildman–Crippen MR) is 92.0 cm³/mol. The van der Waals surface area contributed by atoms with E-state index in [1.807, 2.05) is 0 Å². The average molecular weight is 383 g/mol. The SMILES string of the molecule is CCNS(=O)(=O)c1ccc(C)c(C(=O)OC(C)C(=O)N2CCNC2=O)c1. The fraction of sp³-hybridized carbons (Fsp3) is 0.438. The van der Waals surface area contributed by atoms with Gasteiger partial charge in [-0.25, -0.2) is 22.7 Å². The van der Waals surface area contributed by atoms with Crippen LogP contribution in [0.4, 0.5) is 4.79 Å². The minimum atomic E-state index is -3.73. The first kappa shape index (κ1) is 19.9. The van der Waals surface area contributed by atoms with Gasteiger partial charge in [-0.3, -0.25) is 9.69 Å². The average Bonchev–Trinajstić information content (AvgIpc) is 3.00. The summed E-state index contributed by atoms with van der Waals surface area (Å²) in [7, 11) is -3.73. The molecule has 1 atom stereocenters. The number of hydrogen-bond donors (Lipinski definition) is 2. The molecular weight excluding hydrogens is 362 g/mol. The molecule has 9 nitrogen and oxygen atoms in total. The normalized spacial score (nSPS) is 15.5. The van der Waals surface area contributed by atoms with Crippen molar-refractivity contribution in [3.8, 4) is 0 Å². The molecule has 1 aliphatic heterocycles. The zero-order chi connectivity index (χ0) is 19.5. The molecule has 26 heavy (non-hydrogen) atoms. The van der Waals surface area contributed by atoms with E-state index in [1.54, 1.807) is 13.8 Å². The number of esters is 1. The van der Waals surface area contributed by atoms with Gasteiger partial charge < -0.3 is 10.1 Å². The van der Waals surface area contributed by atoms with Crippen LogP contribution in [0.5, 0.6) is 0 Å². The van der Waals surface area contributed by atoms with E-state index >= 15 is 0 Å². The Bertz CT molecular complexity index is 836. The number of benzene rings is 1. The molecule has 1 aromatic carbocycles. The van der Waals surface area contributed by atoms with Gasteiger partial charge in [0.2, 0.25) is 10.0 Å². The maximum absolute atomic E-state index is 12.4. The van der Waals surface area contributed by atoms with Crippen molar-refractivity contribution in [3.05, 3.63) is 29.3 Å². The molecule has 0 bridgehead atoms. The summed E-state index contributed by atoms with van der Waals surface area (Å²) in [6, 6.07) is 3.54. The zero-order valence-electron chi connectivity index (χ0n) is 14.7. The Hall–Kier alpha value is -2.46. The number of aryl methyl sites for hydroxylation is 1. The zero-order valence-corrected chi connectivity index (χ0v) is 15.6. The largest absolute Gasteiger partial charge is 0.449 e. The van der Waals surface area contributed by atoms with Crippen molar-refractivity contribution in [2.24, 2.45) is 0 Å². The lowest BCUT2D eigenvalue weighted by Crippen LogP contribution is -2.41. The molecule has 1 heterocycles. The van der Waals surface area contributed by atoms with Gasteiger partial charge in [-0.2, -0.15) is 0 Å². The van der Waals surface area contributed by atoms with Crippen LogP contribution in [0, 0.1) is 6.92 Å². The van der Waals surface area contributed by atoms with Crippen LogP contribution in [0.1, 0.15) is 29.8 Å². The first-order chi connectivity index (χ1) is 12.2. The van der Waals surface area contributed by atoms with E-state index in [9.17, 15) is 22.8 Å². The second-order valence-corrected chi connectivity index (χ2v) is 7.51. The number of sulfonamides is 1. The van der Waals surface area contributed by atoms with Crippen LogP contribution in [-0.4, -0.2) is 57.0 Å². The highest BCUT2D eigenvalue weighted by molar-refractivity contribution is 7.89. The van der Waals surface area contributed by atoms with Crippen LogP contribution in [0.3, 0.4) is 0 Å². The number of carbonyl (C=O) groups excluding carboxylic acids is 3. The Morgan fingerprint density at radius 1 is 1.38 bits per heavy atom. The smallest absolute Gasteiger partial charge is 0.339 e. The molecule has 0 spiro atoms. The van der Waals surface area contributed by atoms with Crippen LogP contribution in [0.2, 0.25) is 0 Å². The Balaban J connectivity index is 2.18. The van der Waals surface area contributed by atoms with Crippen molar-refractivity contribution in [2.45, 2.75) is 31.8 Å². The van der Waals surface area contributed by atoms with E-state index < -0.39 is 34.0 Å². The van der Waals surface area contributed by atoms with E-state index in [0.717, 1.165) is 4.90 Å². The minimum Gasteiger partial charge on any atom is -0.449 e. The summed E-state index contributed by atoms with van der Waals surface area (Å²) in [6.45, 7) is 5.38. The van der Waals surface area contributed by atoms with Gasteiger partial charge in [-0.1, -0.05) is 13.0 Å². The topological polar surface area (TPSA) is 122 Å². The quantitative estimate of drug-likeness (QED) is 0.686. The summed E-state index contributed by atoms with van der Waals surface area (Å²) >= 11 is 0. The minimum absolute atomic E-state index is 0.0366. The van der Waals surface area contributed by atoms with Crippen LogP contribution in [0.25, 0.3) is 0 Å². The van der Waals surface area contributed by atoms with E-state index in [4.69, 9.17) is 4.74 Å². The molecule has 2 rings (SSSR count). The summed E-state index contributed by atoms with van der Waals surface area (Å²) in [5.74, 6) is -1.47. The second-order valence-electron chi connectivity index (χ2n) is 5.75. The number of ether oxygens (including phenoxy) is 1. The molecule has 3 amide bonds. The molecule has 142 valence electrons. The van der Waals surface area contributed by atoms with Gasteiger partial charge in [0.1, 0.15) is 0 Å². The lowest BCUT2D eigenvalue weighted by Gasteiger charge is -2.18. The van der Waals surface area contributed by atoms with E-state index in [1.165, 1.54) is 25.1 Å². The van der Waals surface area contributed by atoms with E-state index in [2.05, 4.69) is 10.0 Å². The lowest BCUT2D eigenvalue weighted by atomic mass is 10.1. The van der Waals surface area contributed by atoms with Crippen LogP contribution in [0.15, 0.2) is 23.1 Å². The van der Waals surface area contributed by atoms with Crippen LogP contribution >= 0.6 is 0 Å². The fourth-order valence-corrected chi connectivity index (χ4v) is 3.50. The first-order valence-electron chi connectivity index (χ1n) is 8.08. The molecule has 2 N–H and O–H groups in total. The monoisotopic (exact) mass is 383 g/mol. The number of amides is 3. The number of hydrogen-bond acceptors (Lipinski definition) is 6. The molecule has 1 fully saturated rings. The Morgan fingerprint density at radius 3 is 2.65 bits per heavy atom. The Labute approximate surface area is 151 Å². The summed E-state index contributed by atoms with van der Waals surface area (Å²) in [6.07, 6.45) is -1.18. The van der Waals surface area contributed by atoms with Gasteiger partial charge in [0.25, 0.3) is 5.91 Å². The van der Waals surface area contributed by atoms with Gasteiger partial charge in [0, 0.05) is 19.6 Å². The Kier molecular flexibility index (Phi) is 5.98. The highest BCUT2D eigenvalue weighted by Gasteiger charge is 2.32. The Morgan fingerprint density at radius 2 is 2.08 bits per heavy atom. The van der Waals surface area contributed by atoms with Gasteiger partial charge in [-0.15, -0.1) is 0 Å². The van der Waals surface area contributed by atoms with Gasteiger partial charge in [-0.05, 0) is 31.5 Å². The summed E-state index contributed by atoms with van der Waals surface area (Å²) < 4.78 is 31.7. The van der Waals surface area contributed by atoms with Crippen LogP contribution in [-0.2, 0) is 19.6 Å². The van der Waals surface area contributed by atoms with E-state index in [-0.39, 0.29) is 23.5 Å². The number of imide groups is 1. The molecular formula is C16H21N3O6S. The van der Waals surface area contributed by atoms with Crippen LogP contribution < -0.4 is 10.0 Å². The molecule has 1 aromatic rings. The standard InChI is InChI=1S/C16H21N3O6S/c1-4-18-26(23,24)12-6-5-10(2)13(9-12)15(21)25-11(3)14(20)19-8-7-17-16(19)22/h5-6,9,11,18H,4,7-8H2,1-3H3,(H,17,22). The second kappa shape index (κ2) is 7.83. The predicted octanol–water partition coefficient (Wildman–Crippen LogP) is 0.390. The molecule has 0 radical (unpaired) electrons. The first-order valence-corrected chi connectivity index (χ1v) is 9.56. The van der Waals surface area contributed by atoms with Gasteiger partial charge >= 0.3 is 12.0 Å². The third-order valence-electron chi connectivity index (χ3n) is 3.83. The number of carbonyl (C=O) groups is 3. The number of urea groups is 1. The number of nitrogens with zero attached hydrogens (tertiary/aromatic N) is 1. The highest BCUT2D eigenvalue weighted by atomic mass is 32.2. The third kappa shape index (κ3) is 4.20. The van der Waals surface area contributed by atoms with Crippen molar-refractivity contribution >= 4 is 27.9 Å². The van der Waals surface area contributed by atoms with Gasteiger partial charge in [0.15, 0.2) is 6.10 Å². The van der Waals surface area contributed by atoms with Gasteiger partial charge in [0.05, 0.1) is 10.5 Å². The molecule has 10 heteroatoms. The van der Waals surface area contributed by atoms with E-state index in [0.29, 0.717) is 12.1 Å².